The third-order valence-corrected chi connectivity index (χ3v) is 8.50. The van der Waals surface area contributed by atoms with Crippen LogP contribution < -0.4 is 15.5 Å². The van der Waals surface area contributed by atoms with Crippen LogP contribution in [0.15, 0.2) is 80.5 Å². The van der Waals surface area contributed by atoms with Gasteiger partial charge in [0.1, 0.15) is 17.4 Å². The van der Waals surface area contributed by atoms with Crippen LogP contribution in [-0.2, 0) is 14.3 Å². The Bertz CT molecular complexity index is 1640. The summed E-state index contributed by atoms with van der Waals surface area (Å²) < 4.78 is 17.2. The average molecular weight is 560 g/mol. The van der Waals surface area contributed by atoms with Crippen LogP contribution in [0.1, 0.15) is 68.4 Å². The summed E-state index contributed by atoms with van der Waals surface area (Å²) >= 11 is 6.21. The fourth-order valence-corrected chi connectivity index (χ4v) is 6.46. The van der Waals surface area contributed by atoms with Crippen LogP contribution in [0.5, 0.6) is 5.75 Å². The van der Waals surface area contributed by atoms with Gasteiger partial charge in [0.05, 0.1) is 30.3 Å². The van der Waals surface area contributed by atoms with Gasteiger partial charge in [-0.1, -0.05) is 23.7 Å². The quantitative estimate of drug-likeness (QED) is 0.366. The molecule has 8 heteroatoms. The van der Waals surface area contributed by atoms with E-state index in [2.05, 4.69) is 5.32 Å². The molecule has 2 aromatic carbocycles. The molecule has 7 nitrogen and oxygen atoms in total. The second kappa shape index (κ2) is 10.6. The summed E-state index contributed by atoms with van der Waals surface area (Å²) in [6, 6.07) is 12.5. The number of fused-ring (bicyclic) bond motifs is 1. The molecule has 1 fully saturated rings. The zero-order chi connectivity index (χ0) is 28.0. The van der Waals surface area contributed by atoms with Gasteiger partial charge in [0, 0.05) is 34.0 Å². The number of nitrogens with one attached hydrogen (secondary N) is 1. The van der Waals surface area contributed by atoms with Gasteiger partial charge in [0.25, 0.3) is 0 Å². The van der Waals surface area contributed by atoms with Crippen LogP contribution in [0.3, 0.4) is 0 Å². The average Bonchev–Trinajstić information content (AvgIpc) is 3.45. The normalized spacial score (nSPS) is 21.4. The number of hydrogen-bond acceptors (Lipinski definition) is 7. The van der Waals surface area contributed by atoms with E-state index in [1.807, 2.05) is 24.3 Å². The zero-order valence-electron chi connectivity index (χ0n) is 22.4. The number of allylic oxidation sites excluding steroid dienone is 3. The first kappa shape index (κ1) is 26.4. The minimum absolute atomic E-state index is 0.0823. The van der Waals surface area contributed by atoms with Crippen molar-refractivity contribution in [2.75, 3.05) is 7.11 Å². The van der Waals surface area contributed by atoms with Crippen molar-refractivity contribution in [2.24, 2.45) is 0 Å². The molecule has 1 saturated carbocycles. The Morgan fingerprint density at radius 3 is 2.65 bits per heavy atom. The summed E-state index contributed by atoms with van der Waals surface area (Å²) in [5.74, 6) is -0.915. The van der Waals surface area contributed by atoms with Gasteiger partial charge in [-0.25, -0.2) is 4.79 Å². The lowest BCUT2D eigenvalue weighted by molar-refractivity contribution is -0.144. The standard InChI is InChI=1S/C32H30ClNO6/c1-17-28(32(37)40-21-7-3-4-8-21)29(24-16-39-27-11-10-20(33)15-23(27)31(24)36)30-25(34-17)13-19(14-26(30)35)18-6-5-9-22(12-18)38-2/h5-6,9-12,15-16,19,21,29,34H,3-4,7-8,13-14H2,1-2H3/t19-,29-/m0/s1. The van der Waals surface area contributed by atoms with E-state index < -0.39 is 11.9 Å². The molecular weight excluding hydrogens is 530 g/mol. The van der Waals surface area contributed by atoms with E-state index in [1.54, 1.807) is 32.2 Å². The van der Waals surface area contributed by atoms with E-state index in [-0.39, 0.29) is 40.8 Å². The van der Waals surface area contributed by atoms with Crippen molar-refractivity contribution < 1.29 is 23.5 Å². The van der Waals surface area contributed by atoms with Gasteiger partial charge < -0.3 is 19.2 Å². The summed E-state index contributed by atoms with van der Waals surface area (Å²) in [6.07, 6.45) is 5.60. The maximum atomic E-state index is 13.9. The maximum Gasteiger partial charge on any atom is 0.337 e. The molecular formula is C32H30ClNO6. The minimum atomic E-state index is -0.913. The summed E-state index contributed by atoms with van der Waals surface area (Å²) in [5, 5.41) is 4.04. The maximum absolute atomic E-state index is 13.9. The highest BCUT2D eigenvalue weighted by Crippen LogP contribution is 2.46. The fourth-order valence-electron chi connectivity index (χ4n) is 6.29. The Labute approximate surface area is 236 Å². The van der Waals surface area contributed by atoms with Crippen molar-refractivity contribution in [1.29, 1.82) is 0 Å². The van der Waals surface area contributed by atoms with Gasteiger partial charge in [-0.2, -0.15) is 0 Å². The molecule has 6 rings (SSSR count). The molecule has 0 spiro atoms. The fraction of sp³-hybridized carbons (Fsp3) is 0.344. The topological polar surface area (TPSA) is 94.8 Å². The molecule has 1 N–H and O–H groups in total. The van der Waals surface area contributed by atoms with Crippen LogP contribution in [0.4, 0.5) is 0 Å². The molecule has 0 bridgehead atoms. The van der Waals surface area contributed by atoms with E-state index >= 15 is 0 Å². The number of esters is 1. The highest BCUT2D eigenvalue weighted by Gasteiger charge is 2.43. The second-order valence-electron chi connectivity index (χ2n) is 10.8. The number of ketones is 1. The first-order valence-electron chi connectivity index (χ1n) is 13.6. The summed E-state index contributed by atoms with van der Waals surface area (Å²) in [6.45, 7) is 1.79. The Morgan fingerprint density at radius 1 is 1.07 bits per heavy atom. The third kappa shape index (κ3) is 4.73. The number of ether oxygens (including phenoxy) is 2. The molecule has 0 amide bonds. The van der Waals surface area contributed by atoms with Crippen molar-refractivity contribution in [3.8, 4) is 5.75 Å². The number of benzene rings is 2. The zero-order valence-corrected chi connectivity index (χ0v) is 23.2. The lowest BCUT2D eigenvalue weighted by Crippen LogP contribution is -2.38. The van der Waals surface area contributed by atoms with Crippen molar-refractivity contribution >= 4 is 34.3 Å². The Hall–Kier alpha value is -3.84. The second-order valence-corrected chi connectivity index (χ2v) is 11.2. The van der Waals surface area contributed by atoms with E-state index in [0.29, 0.717) is 39.4 Å². The number of carbonyl (C=O) groups is 2. The predicted octanol–water partition coefficient (Wildman–Crippen LogP) is 6.30. The Balaban J connectivity index is 1.47. The lowest BCUT2D eigenvalue weighted by atomic mass is 9.72. The van der Waals surface area contributed by atoms with E-state index in [0.717, 1.165) is 37.0 Å². The molecule has 40 heavy (non-hydrogen) atoms. The minimum Gasteiger partial charge on any atom is -0.497 e. The van der Waals surface area contributed by atoms with Crippen LogP contribution in [0.2, 0.25) is 5.02 Å². The lowest BCUT2D eigenvalue weighted by Gasteiger charge is -2.36. The highest BCUT2D eigenvalue weighted by atomic mass is 35.5. The number of carbonyl (C=O) groups excluding carboxylic acids is 2. The molecule has 1 aliphatic heterocycles. The molecule has 2 aliphatic carbocycles. The van der Waals surface area contributed by atoms with E-state index in [4.69, 9.17) is 25.5 Å². The number of methoxy groups -OCH3 is 1. The molecule has 3 aromatic rings. The van der Waals surface area contributed by atoms with E-state index in [9.17, 15) is 14.4 Å². The Morgan fingerprint density at radius 2 is 1.88 bits per heavy atom. The third-order valence-electron chi connectivity index (χ3n) is 8.26. The summed E-state index contributed by atoms with van der Waals surface area (Å²) in [7, 11) is 1.61. The van der Waals surface area contributed by atoms with Gasteiger partial charge in [-0.15, -0.1) is 0 Å². The molecule has 0 radical (unpaired) electrons. The molecule has 206 valence electrons. The number of halogens is 1. The largest absolute Gasteiger partial charge is 0.497 e. The number of dihydropyridines is 1. The predicted molar refractivity (Wildman–Crippen MR) is 151 cm³/mol. The molecule has 3 aliphatic rings. The number of hydrogen-bond donors (Lipinski definition) is 1. The molecule has 2 heterocycles. The van der Waals surface area contributed by atoms with Gasteiger partial charge in [-0.05, 0) is 80.8 Å². The van der Waals surface area contributed by atoms with Crippen LogP contribution in [0.25, 0.3) is 11.0 Å². The molecule has 0 unspecified atom stereocenters. The van der Waals surface area contributed by atoms with Crippen molar-refractivity contribution in [3.05, 3.63) is 97.6 Å². The van der Waals surface area contributed by atoms with Gasteiger partial charge in [0.2, 0.25) is 0 Å². The van der Waals surface area contributed by atoms with Crippen LogP contribution in [0, 0.1) is 0 Å². The number of Topliss-reactive ketones (excluding diaryl/α,β-unsaturated/α-hetero) is 1. The van der Waals surface area contributed by atoms with Crippen LogP contribution >= 0.6 is 11.6 Å². The number of rotatable bonds is 5. The molecule has 2 atom stereocenters. The SMILES string of the molecule is COc1cccc([C@@H]2CC(=O)C3=C(C2)NC(C)=C(C(=O)OC2CCCC2)[C@@H]3c2coc3ccc(Cl)cc3c2=O)c1. The van der Waals surface area contributed by atoms with Crippen molar-refractivity contribution in [1.82, 2.24) is 5.32 Å². The van der Waals surface area contributed by atoms with Gasteiger partial charge in [-0.3, -0.25) is 9.59 Å². The first-order valence-corrected chi connectivity index (χ1v) is 14.0. The first-order chi connectivity index (χ1) is 19.3. The van der Waals surface area contributed by atoms with Gasteiger partial charge in [0.15, 0.2) is 11.2 Å². The molecule has 0 saturated heterocycles. The van der Waals surface area contributed by atoms with Crippen molar-refractivity contribution in [3.63, 3.8) is 0 Å². The monoisotopic (exact) mass is 559 g/mol. The van der Waals surface area contributed by atoms with Gasteiger partial charge >= 0.3 is 5.97 Å². The van der Waals surface area contributed by atoms with E-state index in [1.165, 1.54) is 6.26 Å². The Kier molecular flexibility index (Phi) is 7.00. The van der Waals surface area contributed by atoms with Crippen LogP contribution in [-0.4, -0.2) is 25.0 Å². The molecule has 1 aromatic heterocycles. The summed E-state index contributed by atoms with van der Waals surface area (Å²) in [5.41, 5.74) is 3.21. The smallest absolute Gasteiger partial charge is 0.337 e. The summed E-state index contributed by atoms with van der Waals surface area (Å²) in [4.78, 5) is 41.5. The highest BCUT2D eigenvalue weighted by molar-refractivity contribution is 6.31. The van der Waals surface area contributed by atoms with Crippen molar-refractivity contribution in [2.45, 2.75) is 63.4 Å².